The zero-order valence-electron chi connectivity index (χ0n) is 14.5. The van der Waals surface area contributed by atoms with Crippen LogP contribution in [0.1, 0.15) is 73.6 Å². The van der Waals surface area contributed by atoms with Gasteiger partial charge in [0.15, 0.2) is 0 Å². The second-order valence-corrected chi connectivity index (χ2v) is 6.90. The molecule has 0 amide bonds. The van der Waals surface area contributed by atoms with E-state index < -0.39 is 0 Å². The Bertz CT molecular complexity index is 242. The maximum atomic E-state index is 4.27. The fourth-order valence-electron chi connectivity index (χ4n) is 2.77. The third kappa shape index (κ3) is 7.03. The van der Waals surface area contributed by atoms with Crippen LogP contribution in [0.5, 0.6) is 0 Å². The van der Waals surface area contributed by atoms with Gasteiger partial charge in [0.25, 0.3) is 0 Å². The van der Waals surface area contributed by atoms with Crippen LogP contribution in [0, 0.1) is 17.8 Å². The molecule has 0 aliphatic carbocycles. The van der Waals surface area contributed by atoms with Crippen LogP contribution in [0.2, 0.25) is 0 Å². The number of nitrogens with zero attached hydrogens (tertiary/aromatic N) is 1. The Hall–Kier alpha value is -0.460. The van der Waals surface area contributed by atoms with Gasteiger partial charge in [-0.1, -0.05) is 73.8 Å². The van der Waals surface area contributed by atoms with E-state index >= 15 is 0 Å². The van der Waals surface area contributed by atoms with Crippen molar-refractivity contribution in [1.29, 1.82) is 0 Å². The van der Waals surface area contributed by atoms with E-state index in [9.17, 15) is 0 Å². The molecule has 0 heterocycles. The van der Waals surface area contributed by atoms with Gasteiger partial charge in [0.05, 0.1) is 0 Å². The predicted octanol–water partition coefficient (Wildman–Crippen LogP) is 5.72. The van der Waals surface area contributed by atoms with E-state index in [-0.39, 0.29) is 0 Å². The van der Waals surface area contributed by atoms with Crippen LogP contribution < -0.4 is 0 Å². The zero-order valence-corrected chi connectivity index (χ0v) is 14.5. The first-order chi connectivity index (χ1) is 8.81. The number of hydrogen-bond donors (Lipinski definition) is 0. The smallest absolute Gasteiger partial charge is 0.0309 e. The molecule has 0 aromatic rings. The van der Waals surface area contributed by atoms with Gasteiger partial charge in [-0.15, -0.1) is 0 Å². The van der Waals surface area contributed by atoms with Crippen LogP contribution in [0.4, 0.5) is 0 Å². The van der Waals surface area contributed by atoms with Crippen molar-refractivity contribution in [1.82, 2.24) is 4.90 Å². The minimum atomic E-state index is 0.543. The molecule has 1 heteroatoms. The molecule has 0 aromatic heterocycles. The molecule has 0 radical (unpaired) electrons. The van der Waals surface area contributed by atoms with Crippen molar-refractivity contribution in [2.75, 3.05) is 7.05 Å². The summed E-state index contributed by atoms with van der Waals surface area (Å²) < 4.78 is 0. The van der Waals surface area contributed by atoms with Gasteiger partial charge in [-0.05, 0) is 24.2 Å². The van der Waals surface area contributed by atoms with E-state index in [1.165, 1.54) is 37.8 Å². The Kier molecular flexibility index (Phi) is 9.22. The number of hydrogen-bond acceptors (Lipinski definition) is 1. The van der Waals surface area contributed by atoms with Crippen LogP contribution in [-0.4, -0.2) is 18.0 Å². The highest BCUT2D eigenvalue weighted by atomic mass is 15.1. The molecule has 0 aromatic carbocycles. The molecule has 0 rings (SSSR count). The van der Waals surface area contributed by atoms with E-state index in [1.54, 1.807) is 0 Å². The summed E-state index contributed by atoms with van der Waals surface area (Å²) in [6.45, 7) is 18.1. The fraction of sp³-hybridized carbons (Fsp3) is 0.889. The lowest BCUT2D eigenvalue weighted by atomic mass is 9.88. The van der Waals surface area contributed by atoms with E-state index in [1.807, 2.05) is 0 Å². The molecule has 19 heavy (non-hydrogen) atoms. The Balaban J connectivity index is 4.44. The highest BCUT2D eigenvalue weighted by molar-refractivity contribution is 4.99. The SMILES string of the molecule is C=C(C(C)C)N(C)C(CC(C)CCCCC)C(C)C. The Morgan fingerprint density at radius 1 is 1.05 bits per heavy atom. The van der Waals surface area contributed by atoms with Gasteiger partial charge in [-0.3, -0.25) is 0 Å². The third-order valence-electron chi connectivity index (χ3n) is 4.33. The van der Waals surface area contributed by atoms with Crippen molar-refractivity contribution in [3.63, 3.8) is 0 Å². The highest BCUT2D eigenvalue weighted by Crippen LogP contribution is 2.26. The first kappa shape index (κ1) is 18.5. The lowest BCUT2D eigenvalue weighted by Crippen LogP contribution is -2.37. The zero-order chi connectivity index (χ0) is 15.0. The van der Waals surface area contributed by atoms with Crippen molar-refractivity contribution in [3.8, 4) is 0 Å². The summed E-state index contributed by atoms with van der Waals surface area (Å²) >= 11 is 0. The number of allylic oxidation sites excluding steroid dienone is 1. The normalized spacial score (nSPS) is 14.8. The summed E-state index contributed by atoms with van der Waals surface area (Å²) in [6.07, 6.45) is 6.76. The van der Waals surface area contributed by atoms with Gasteiger partial charge in [0, 0.05) is 18.8 Å². The van der Waals surface area contributed by atoms with Crippen molar-refractivity contribution in [2.45, 2.75) is 79.7 Å². The van der Waals surface area contributed by atoms with Crippen LogP contribution in [0.3, 0.4) is 0 Å². The largest absolute Gasteiger partial charge is 0.375 e. The molecular formula is C18H37N. The molecule has 0 saturated carbocycles. The van der Waals surface area contributed by atoms with E-state index in [4.69, 9.17) is 0 Å². The van der Waals surface area contributed by atoms with Gasteiger partial charge in [0.2, 0.25) is 0 Å². The molecule has 0 saturated heterocycles. The number of rotatable bonds is 10. The average Bonchev–Trinajstić information content (AvgIpc) is 2.34. The Morgan fingerprint density at radius 3 is 2.05 bits per heavy atom. The van der Waals surface area contributed by atoms with Gasteiger partial charge >= 0.3 is 0 Å². The van der Waals surface area contributed by atoms with Crippen LogP contribution in [-0.2, 0) is 0 Å². The van der Waals surface area contributed by atoms with E-state index in [0.29, 0.717) is 17.9 Å². The Labute approximate surface area is 122 Å². The maximum absolute atomic E-state index is 4.27. The van der Waals surface area contributed by atoms with Crippen LogP contribution in [0.25, 0.3) is 0 Å². The van der Waals surface area contributed by atoms with Gasteiger partial charge < -0.3 is 4.90 Å². The Morgan fingerprint density at radius 2 is 1.63 bits per heavy atom. The molecule has 114 valence electrons. The summed E-state index contributed by atoms with van der Waals surface area (Å²) in [5, 5.41) is 0. The summed E-state index contributed by atoms with van der Waals surface area (Å²) in [5.74, 6) is 2.05. The summed E-state index contributed by atoms with van der Waals surface area (Å²) in [6, 6.07) is 0.631. The van der Waals surface area contributed by atoms with Crippen molar-refractivity contribution >= 4 is 0 Å². The molecule has 0 aliphatic heterocycles. The topological polar surface area (TPSA) is 3.24 Å². The molecular weight excluding hydrogens is 230 g/mol. The fourth-order valence-corrected chi connectivity index (χ4v) is 2.77. The molecule has 1 nitrogen and oxygen atoms in total. The van der Waals surface area contributed by atoms with Crippen molar-refractivity contribution in [3.05, 3.63) is 12.3 Å². The van der Waals surface area contributed by atoms with Gasteiger partial charge in [-0.25, -0.2) is 0 Å². The average molecular weight is 268 g/mol. The standard InChI is InChI=1S/C18H37N/c1-9-10-11-12-16(6)13-18(15(4)5)19(8)17(7)14(2)3/h14-16,18H,7,9-13H2,1-6,8H3. The third-order valence-corrected chi connectivity index (χ3v) is 4.33. The minimum absolute atomic E-state index is 0.543. The van der Waals surface area contributed by atoms with E-state index in [0.717, 1.165) is 5.92 Å². The number of unbranched alkanes of at least 4 members (excludes halogenated alkanes) is 2. The quantitative estimate of drug-likeness (QED) is 0.458. The van der Waals surface area contributed by atoms with Crippen LogP contribution in [0.15, 0.2) is 12.3 Å². The second-order valence-electron chi connectivity index (χ2n) is 6.90. The highest BCUT2D eigenvalue weighted by Gasteiger charge is 2.23. The molecule has 0 aliphatic rings. The summed E-state index contributed by atoms with van der Waals surface area (Å²) in [7, 11) is 2.23. The van der Waals surface area contributed by atoms with Crippen molar-refractivity contribution < 1.29 is 0 Å². The second kappa shape index (κ2) is 9.44. The first-order valence-electron chi connectivity index (χ1n) is 8.22. The first-order valence-corrected chi connectivity index (χ1v) is 8.22. The molecule has 0 N–H and O–H groups in total. The van der Waals surface area contributed by atoms with Gasteiger partial charge in [-0.2, -0.15) is 0 Å². The molecule has 0 bridgehead atoms. The predicted molar refractivity (Wildman–Crippen MR) is 88.3 cm³/mol. The monoisotopic (exact) mass is 267 g/mol. The minimum Gasteiger partial charge on any atom is -0.375 e. The van der Waals surface area contributed by atoms with Crippen molar-refractivity contribution in [2.24, 2.45) is 17.8 Å². The lowest BCUT2D eigenvalue weighted by molar-refractivity contribution is 0.186. The molecule has 0 fully saturated rings. The summed E-state index contributed by atoms with van der Waals surface area (Å²) in [4.78, 5) is 2.44. The summed E-state index contributed by atoms with van der Waals surface area (Å²) in [5.41, 5.74) is 1.28. The molecule has 2 atom stereocenters. The molecule has 0 spiro atoms. The molecule has 2 unspecified atom stereocenters. The lowest BCUT2D eigenvalue weighted by Gasteiger charge is -2.37. The maximum Gasteiger partial charge on any atom is 0.0309 e. The van der Waals surface area contributed by atoms with Gasteiger partial charge in [0.1, 0.15) is 0 Å². The van der Waals surface area contributed by atoms with Crippen LogP contribution >= 0.6 is 0 Å². The van der Waals surface area contributed by atoms with E-state index in [2.05, 4.69) is 60.1 Å².